The molecule has 0 aliphatic carbocycles. The summed E-state index contributed by atoms with van der Waals surface area (Å²) in [5.41, 5.74) is 1.83. The summed E-state index contributed by atoms with van der Waals surface area (Å²) < 4.78 is 4.73. The number of aromatic nitrogens is 1. The second kappa shape index (κ2) is 8.38. The van der Waals surface area contributed by atoms with Gasteiger partial charge in [0, 0.05) is 0 Å². The van der Waals surface area contributed by atoms with E-state index in [1.165, 1.54) is 13.2 Å². The Morgan fingerprint density at radius 1 is 1.18 bits per heavy atom. The van der Waals surface area contributed by atoms with E-state index in [0.29, 0.717) is 16.7 Å². The van der Waals surface area contributed by atoms with Crippen molar-refractivity contribution in [1.82, 2.24) is 4.98 Å². The fourth-order valence-corrected chi connectivity index (χ4v) is 2.23. The molecule has 0 aliphatic rings. The SMILES string of the molecule is CC.COC(=O)c1cc(C#N)ccc1-c1cc(Cl)nc(Cl)c1. The lowest BCUT2D eigenvalue weighted by Gasteiger charge is -2.09. The van der Waals surface area contributed by atoms with Gasteiger partial charge in [-0.3, -0.25) is 0 Å². The van der Waals surface area contributed by atoms with Gasteiger partial charge in [-0.15, -0.1) is 0 Å². The van der Waals surface area contributed by atoms with E-state index >= 15 is 0 Å². The molecule has 22 heavy (non-hydrogen) atoms. The maximum atomic E-state index is 11.8. The summed E-state index contributed by atoms with van der Waals surface area (Å²) >= 11 is 11.7. The number of hydrogen-bond donors (Lipinski definition) is 0. The molecule has 0 atom stereocenters. The maximum absolute atomic E-state index is 11.8. The van der Waals surface area contributed by atoms with E-state index in [-0.39, 0.29) is 15.9 Å². The average molecular weight is 337 g/mol. The van der Waals surface area contributed by atoms with Crippen LogP contribution in [-0.4, -0.2) is 18.1 Å². The van der Waals surface area contributed by atoms with Crippen LogP contribution in [0.3, 0.4) is 0 Å². The van der Waals surface area contributed by atoms with Crippen LogP contribution in [-0.2, 0) is 4.74 Å². The number of nitrogens with zero attached hydrogens (tertiary/aromatic N) is 2. The highest BCUT2D eigenvalue weighted by Gasteiger charge is 2.15. The first kappa shape index (κ1) is 18.0. The number of rotatable bonds is 2. The van der Waals surface area contributed by atoms with Crippen LogP contribution in [0.1, 0.15) is 29.8 Å². The molecule has 0 saturated carbocycles. The molecule has 0 radical (unpaired) electrons. The molecule has 0 unspecified atom stereocenters. The normalized spacial score (nSPS) is 9.27. The number of hydrogen-bond acceptors (Lipinski definition) is 4. The molecule has 0 aliphatic heterocycles. The number of methoxy groups -OCH3 is 1. The molecule has 6 heteroatoms. The van der Waals surface area contributed by atoms with E-state index in [1.54, 1.807) is 24.3 Å². The summed E-state index contributed by atoms with van der Waals surface area (Å²) in [4.78, 5) is 15.7. The molecular formula is C16H14Cl2N2O2. The summed E-state index contributed by atoms with van der Waals surface area (Å²) in [6.07, 6.45) is 0. The van der Waals surface area contributed by atoms with Gasteiger partial charge in [0.05, 0.1) is 24.3 Å². The molecule has 0 N–H and O–H groups in total. The van der Waals surface area contributed by atoms with Crippen LogP contribution in [0.2, 0.25) is 10.3 Å². The monoisotopic (exact) mass is 336 g/mol. The second-order valence-electron chi connectivity index (χ2n) is 3.87. The van der Waals surface area contributed by atoms with Gasteiger partial charge in [0.25, 0.3) is 0 Å². The first-order valence-electron chi connectivity index (χ1n) is 6.51. The minimum atomic E-state index is -0.541. The lowest BCUT2D eigenvalue weighted by atomic mass is 9.98. The molecule has 0 saturated heterocycles. The molecular weight excluding hydrogens is 323 g/mol. The Balaban J connectivity index is 0.00000116. The number of halogens is 2. The van der Waals surface area contributed by atoms with Crippen molar-refractivity contribution in [2.24, 2.45) is 0 Å². The third-order valence-corrected chi connectivity index (χ3v) is 3.02. The third-order valence-electron chi connectivity index (χ3n) is 2.63. The van der Waals surface area contributed by atoms with Gasteiger partial charge in [0.15, 0.2) is 0 Å². The maximum Gasteiger partial charge on any atom is 0.338 e. The summed E-state index contributed by atoms with van der Waals surface area (Å²) in [7, 11) is 1.28. The van der Waals surface area contributed by atoms with Crippen molar-refractivity contribution in [1.29, 1.82) is 5.26 Å². The Hall–Kier alpha value is -2.09. The molecule has 1 aromatic heterocycles. The van der Waals surface area contributed by atoms with Crippen molar-refractivity contribution in [3.63, 3.8) is 0 Å². The van der Waals surface area contributed by atoms with Crippen LogP contribution in [0.5, 0.6) is 0 Å². The Bertz CT molecular complexity index is 704. The number of ether oxygens (including phenoxy) is 1. The zero-order valence-corrected chi connectivity index (χ0v) is 13.9. The molecule has 114 valence electrons. The highest BCUT2D eigenvalue weighted by atomic mass is 35.5. The largest absolute Gasteiger partial charge is 0.465 e. The summed E-state index contributed by atoms with van der Waals surface area (Å²) in [5.74, 6) is -0.541. The van der Waals surface area contributed by atoms with Gasteiger partial charge in [-0.1, -0.05) is 43.1 Å². The van der Waals surface area contributed by atoms with Crippen molar-refractivity contribution in [2.45, 2.75) is 13.8 Å². The second-order valence-corrected chi connectivity index (χ2v) is 4.64. The van der Waals surface area contributed by atoms with Crippen molar-refractivity contribution in [2.75, 3.05) is 7.11 Å². The Morgan fingerprint density at radius 2 is 1.77 bits per heavy atom. The molecule has 1 heterocycles. The lowest BCUT2D eigenvalue weighted by Crippen LogP contribution is -2.04. The quantitative estimate of drug-likeness (QED) is 0.586. The Labute approximate surface area is 139 Å². The minimum absolute atomic E-state index is 0.215. The van der Waals surface area contributed by atoms with E-state index in [2.05, 4.69) is 4.98 Å². The minimum Gasteiger partial charge on any atom is -0.465 e. The van der Waals surface area contributed by atoms with Crippen LogP contribution >= 0.6 is 23.2 Å². The van der Waals surface area contributed by atoms with Gasteiger partial charge in [-0.2, -0.15) is 5.26 Å². The predicted molar refractivity (Wildman–Crippen MR) is 87.1 cm³/mol. The molecule has 0 fully saturated rings. The van der Waals surface area contributed by atoms with Crippen LogP contribution in [0.4, 0.5) is 0 Å². The fraction of sp³-hybridized carbons (Fsp3) is 0.188. The molecule has 0 spiro atoms. The van der Waals surface area contributed by atoms with Crippen LogP contribution in [0, 0.1) is 11.3 Å². The number of benzene rings is 1. The third kappa shape index (κ3) is 4.20. The Morgan fingerprint density at radius 3 is 2.27 bits per heavy atom. The highest BCUT2D eigenvalue weighted by molar-refractivity contribution is 6.32. The van der Waals surface area contributed by atoms with Gasteiger partial charge in [-0.05, 0) is 35.4 Å². The molecule has 0 amide bonds. The van der Waals surface area contributed by atoms with Crippen molar-refractivity contribution >= 4 is 29.2 Å². The van der Waals surface area contributed by atoms with Crippen LogP contribution < -0.4 is 0 Å². The smallest absolute Gasteiger partial charge is 0.338 e. The van der Waals surface area contributed by atoms with Gasteiger partial charge in [-0.25, -0.2) is 9.78 Å². The Kier molecular flexibility index (Phi) is 6.84. The van der Waals surface area contributed by atoms with E-state index in [0.717, 1.165) is 0 Å². The lowest BCUT2D eigenvalue weighted by molar-refractivity contribution is 0.0601. The van der Waals surface area contributed by atoms with E-state index in [9.17, 15) is 4.79 Å². The van der Waals surface area contributed by atoms with E-state index in [1.807, 2.05) is 19.9 Å². The first-order valence-corrected chi connectivity index (χ1v) is 7.26. The molecule has 0 bridgehead atoms. The van der Waals surface area contributed by atoms with Crippen molar-refractivity contribution < 1.29 is 9.53 Å². The number of carbonyl (C=O) groups excluding carboxylic acids is 1. The molecule has 1 aromatic carbocycles. The standard InChI is InChI=1S/C14H8Cl2N2O2.C2H6/c1-20-14(19)11-4-8(7-17)2-3-10(11)9-5-12(15)18-13(16)6-9;1-2/h2-6H,1H3;1-2H3. The van der Waals surface area contributed by atoms with Gasteiger partial charge in [0.1, 0.15) is 10.3 Å². The van der Waals surface area contributed by atoms with Crippen LogP contribution in [0.25, 0.3) is 11.1 Å². The van der Waals surface area contributed by atoms with Crippen molar-refractivity contribution in [3.8, 4) is 17.2 Å². The average Bonchev–Trinajstić information content (AvgIpc) is 2.54. The molecule has 4 nitrogen and oxygen atoms in total. The van der Waals surface area contributed by atoms with Crippen molar-refractivity contribution in [3.05, 3.63) is 51.8 Å². The van der Waals surface area contributed by atoms with Gasteiger partial charge < -0.3 is 4.74 Å². The summed E-state index contributed by atoms with van der Waals surface area (Å²) in [6.45, 7) is 4.00. The fourth-order valence-electron chi connectivity index (χ4n) is 1.76. The zero-order chi connectivity index (χ0) is 16.7. The molecule has 2 aromatic rings. The number of nitriles is 1. The summed E-state index contributed by atoms with van der Waals surface area (Å²) in [5, 5.41) is 9.34. The zero-order valence-electron chi connectivity index (χ0n) is 12.4. The van der Waals surface area contributed by atoms with E-state index in [4.69, 9.17) is 33.2 Å². The number of esters is 1. The predicted octanol–water partition coefficient (Wildman–Crippen LogP) is 4.74. The number of carbonyl (C=O) groups is 1. The van der Waals surface area contributed by atoms with E-state index < -0.39 is 5.97 Å². The van der Waals surface area contributed by atoms with Gasteiger partial charge in [0.2, 0.25) is 0 Å². The van der Waals surface area contributed by atoms with Crippen LogP contribution in [0.15, 0.2) is 30.3 Å². The highest BCUT2D eigenvalue weighted by Crippen LogP contribution is 2.29. The number of pyridine rings is 1. The van der Waals surface area contributed by atoms with Gasteiger partial charge >= 0.3 is 5.97 Å². The topological polar surface area (TPSA) is 63.0 Å². The summed E-state index contributed by atoms with van der Waals surface area (Å²) in [6, 6.07) is 9.85. The first-order chi connectivity index (χ1) is 10.5. The molecule has 2 rings (SSSR count).